The quantitative estimate of drug-likeness (QED) is 0.759. The maximum Gasteiger partial charge on any atom is 0.0589 e. The molecule has 0 fully saturated rings. The predicted octanol–water partition coefficient (Wildman–Crippen LogP) is 0.954. The molecule has 1 unspecified atom stereocenters. The first-order chi connectivity index (χ1) is 6.22. The normalized spacial score (nSPS) is 12.8. The highest BCUT2D eigenvalue weighted by atomic mass is 35.5. The van der Waals surface area contributed by atoms with Crippen molar-refractivity contribution in [2.45, 2.75) is 18.9 Å². The van der Waals surface area contributed by atoms with Crippen molar-refractivity contribution < 1.29 is 0 Å². The molecule has 0 spiro atoms. The highest BCUT2D eigenvalue weighted by Gasteiger charge is 2.00. The molecule has 0 aromatic carbocycles. The van der Waals surface area contributed by atoms with Gasteiger partial charge in [0, 0.05) is 24.5 Å². The van der Waals surface area contributed by atoms with E-state index in [-0.39, 0.29) is 6.04 Å². The van der Waals surface area contributed by atoms with Gasteiger partial charge in [-0.3, -0.25) is 4.98 Å². The maximum atomic E-state index is 5.69. The van der Waals surface area contributed by atoms with E-state index in [0.29, 0.717) is 11.6 Å². The summed E-state index contributed by atoms with van der Waals surface area (Å²) in [5.74, 6) is 0. The van der Waals surface area contributed by atoms with Crippen LogP contribution in [0.4, 0.5) is 0 Å². The summed E-state index contributed by atoms with van der Waals surface area (Å²) in [5, 5.41) is 0.659. The number of hydrogen-bond donors (Lipinski definition) is 2. The van der Waals surface area contributed by atoms with Crippen LogP contribution in [0.1, 0.15) is 12.1 Å². The molecule has 72 valence electrons. The first-order valence-corrected chi connectivity index (χ1v) is 4.66. The molecule has 0 saturated heterocycles. The largest absolute Gasteiger partial charge is 0.329 e. The van der Waals surface area contributed by atoms with Crippen LogP contribution in [0.5, 0.6) is 0 Å². The van der Waals surface area contributed by atoms with Crippen molar-refractivity contribution in [3.8, 4) is 0 Å². The maximum absolute atomic E-state index is 5.69. The third-order valence-corrected chi connectivity index (χ3v) is 2.09. The summed E-state index contributed by atoms with van der Waals surface area (Å²) in [6.07, 6.45) is 3.37. The smallest absolute Gasteiger partial charge is 0.0589 e. The van der Waals surface area contributed by atoms with Gasteiger partial charge in [-0.15, -0.1) is 0 Å². The van der Waals surface area contributed by atoms with E-state index < -0.39 is 0 Å². The van der Waals surface area contributed by atoms with Crippen molar-refractivity contribution in [1.82, 2.24) is 4.98 Å². The van der Waals surface area contributed by atoms with Crippen LogP contribution < -0.4 is 11.5 Å². The molecule has 0 aliphatic rings. The topological polar surface area (TPSA) is 64.9 Å². The second kappa shape index (κ2) is 5.17. The fourth-order valence-corrected chi connectivity index (χ4v) is 1.12. The van der Waals surface area contributed by atoms with E-state index in [0.717, 1.165) is 18.5 Å². The van der Waals surface area contributed by atoms with E-state index in [9.17, 15) is 0 Å². The Morgan fingerprint density at radius 2 is 2.23 bits per heavy atom. The summed E-state index contributed by atoms with van der Waals surface area (Å²) in [6.45, 7) is 0.521. The highest BCUT2D eigenvalue weighted by molar-refractivity contribution is 6.30. The van der Waals surface area contributed by atoms with Gasteiger partial charge in [-0.2, -0.15) is 0 Å². The second-order valence-corrected chi connectivity index (χ2v) is 3.44. The lowest BCUT2D eigenvalue weighted by Gasteiger charge is -2.07. The van der Waals surface area contributed by atoms with Gasteiger partial charge < -0.3 is 11.5 Å². The third-order valence-electron chi connectivity index (χ3n) is 1.86. The summed E-state index contributed by atoms with van der Waals surface area (Å²) >= 11 is 5.69. The van der Waals surface area contributed by atoms with E-state index >= 15 is 0 Å². The Hall–Kier alpha value is -0.640. The molecule has 0 radical (unpaired) electrons. The van der Waals surface area contributed by atoms with E-state index in [4.69, 9.17) is 23.1 Å². The van der Waals surface area contributed by atoms with Crippen molar-refractivity contribution >= 4 is 11.6 Å². The molecule has 4 N–H and O–H groups in total. The molecular formula is C9H14ClN3. The summed E-state index contributed by atoms with van der Waals surface area (Å²) in [7, 11) is 0. The lowest BCUT2D eigenvalue weighted by atomic mass is 10.1. The monoisotopic (exact) mass is 199 g/mol. The number of hydrogen-bond acceptors (Lipinski definition) is 3. The van der Waals surface area contributed by atoms with Crippen molar-refractivity contribution in [2.75, 3.05) is 6.54 Å². The van der Waals surface area contributed by atoms with Crippen molar-refractivity contribution in [2.24, 2.45) is 11.5 Å². The molecule has 0 aliphatic heterocycles. The molecule has 0 saturated carbocycles. The Bertz CT molecular complexity index is 248. The third kappa shape index (κ3) is 3.72. The van der Waals surface area contributed by atoms with Gasteiger partial charge in [0.15, 0.2) is 0 Å². The summed E-state index contributed by atoms with van der Waals surface area (Å²) < 4.78 is 0. The van der Waals surface area contributed by atoms with E-state index in [2.05, 4.69) is 4.98 Å². The standard InChI is InChI=1S/C9H14ClN3/c10-7-1-3-9(13-6-7)4-2-8(12)5-11/h1,3,6,8H,2,4-5,11-12H2. The molecule has 1 atom stereocenters. The van der Waals surface area contributed by atoms with Gasteiger partial charge >= 0.3 is 0 Å². The van der Waals surface area contributed by atoms with Gasteiger partial charge in [0.2, 0.25) is 0 Å². The summed E-state index contributed by atoms with van der Waals surface area (Å²) in [5.41, 5.74) is 12.1. The lowest BCUT2D eigenvalue weighted by Crippen LogP contribution is -2.30. The lowest BCUT2D eigenvalue weighted by molar-refractivity contribution is 0.617. The summed E-state index contributed by atoms with van der Waals surface area (Å²) in [6, 6.07) is 3.81. The van der Waals surface area contributed by atoms with Crippen LogP contribution >= 0.6 is 11.6 Å². The van der Waals surface area contributed by atoms with Gasteiger partial charge in [-0.25, -0.2) is 0 Å². The minimum atomic E-state index is 0.0671. The van der Waals surface area contributed by atoms with Crippen molar-refractivity contribution in [3.05, 3.63) is 29.0 Å². The van der Waals surface area contributed by atoms with Gasteiger partial charge in [0.05, 0.1) is 5.02 Å². The van der Waals surface area contributed by atoms with Crippen LogP contribution in [0.2, 0.25) is 5.02 Å². The molecule has 4 heteroatoms. The first-order valence-electron chi connectivity index (χ1n) is 4.28. The molecule has 3 nitrogen and oxygen atoms in total. The number of rotatable bonds is 4. The summed E-state index contributed by atoms with van der Waals surface area (Å²) in [4.78, 5) is 4.16. The molecule has 0 bridgehead atoms. The van der Waals surface area contributed by atoms with Crippen LogP contribution in [-0.4, -0.2) is 17.6 Å². The average molecular weight is 200 g/mol. The van der Waals surface area contributed by atoms with E-state index in [1.807, 2.05) is 12.1 Å². The van der Waals surface area contributed by atoms with E-state index in [1.165, 1.54) is 0 Å². The zero-order valence-electron chi connectivity index (χ0n) is 7.41. The molecule has 1 aromatic heterocycles. The number of aromatic nitrogens is 1. The molecule has 0 amide bonds. The van der Waals surface area contributed by atoms with Crippen molar-refractivity contribution in [3.63, 3.8) is 0 Å². The molecule has 1 aromatic rings. The Balaban J connectivity index is 2.41. The second-order valence-electron chi connectivity index (χ2n) is 3.00. The zero-order chi connectivity index (χ0) is 9.68. The number of nitrogens with two attached hydrogens (primary N) is 2. The number of halogens is 1. The molecule has 13 heavy (non-hydrogen) atoms. The van der Waals surface area contributed by atoms with E-state index in [1.54, 1.807) is 6.20 Å². The van der Waals surface area contributed by atoms with Crippen LogP contribution in [-0.2, 0) is 6.42 Å². The Morgan fingerprint density at radius 3 is 2.77 bits per heavy atom. The predicted molar refractivity (Wildman–Crippen MR) is 54.6 cm³/mol. The van der Waals surface area contributed by atoms with Gasteiger partial charge in [0.25, 0.3) is 0 Å². The first kappa shape index (κ1) is 10.4. The fraction of sp³-hybridized carbons (Fsp3) is 0.444. The molecule has 1 rings (SSSR count). The number of pyridine rings is 1. The average Bonchev–Trinajstić information content (AvgIpc) is 2.16. The Morgan fingerprint density at radius 1 is 1.46 bits per heavy atom. The molecule has 0 aliphatic carbocycles. The van der Waals surface area contributed by atoms with Gasteiger partial charge in [-0.05, 0) is 25.0 Å². The minimum absolute atomic E-state index is 0.0671. The molecular weight excluding hydrogens is 186 g/mol. The van der Waals surface area contributed by atoms with Crippen LogP contribution in [0.3, 0.4) is 0 Å². The van der Waals surface area contributed by atoms with Crippen molar-refractivity contribution in [1.29, 1.82) is 0 Å². The van der Waals surface area contributed by atoms with Crippen LogP contribution in [0, 0.1) is 0 Å². The Kier molecular flexibility index (Phi) is 4.15. The number of nitrogens with zero attached hydrogens (tertiary/aromatic N) is 1. The zero-order valence-corrected chi connectivity index (χ0v) is 8.17. The molecule has 1 heterocycles. The minimum Gasteiger partial charge on any atom is -0.329 e. The van der Waals surface area contributed by atoms with Gasteiger partial charge in [0.1, 0.15) is 0 Å². The van der Waals surface area contributed by atoms with Crippen LogP contribution in [0.25, 0.3) is 0 Å². The number of aryl methyl sites for hydroxylation is 1. The SMILES string of the molecule is NCC(N)CCc1ccc(Cl)cn1. The van der Waals surface area contributed by atoms with Gasteiger partial charge in [-0.1, -0.05) is 11.6 Å². The van der Waals surface area contributed by atoms with Crippen LogP contribution in [0.15, 0.2) is 18.3 Å². The fourth-order valence-electron chi connectivity index (χ4n) is 1.01. The highest BCUT2D eigenvalue weighted by Crippen LogP contribution is 2.07. The Labute approximate surface area is 83.1 Å².